The molecule has 1 aromatic rings. The van der Waals surface area contributed by atoms with Crippen molar-refractivity contribution >= 4 is 19.5 Å². The van der Waals surface area contributed by atoms with Crippen LogP contribution < -0.4 is 10.1 Å². The van der Waals surface area contributed by atoms with Crippen molar-refractivity contribution in [1.82, 2.24) is 5.32 Å². The Labute approximate surface area is 140 Å². The van der Waals surface area contributed by atoms with Gasteiger partial charge in [-0.3, -0.25) is 4.79 Å². The molecule has 0 fully saturated rings. The molecular weight excluding hydrogens is 298 g/mol. The maximum Gasteiger partial charge on any atom is 0.303 e. The summed E-state index contributed by atoms with van der Waals surface area (Å²) in [6.07, 6.45) is 3.68. The summed E-state index contributed by atoms with van der Waals surface area (Å²) in [6, 6.07) is 8.17. The zero-order valence-electron chi connectivity index (χ0n) is 13.8. The van der Waals surface area contributed by atoms with Crippen LogP contribution in [0, 0.1) is 0 Å². The summed E-state index contributed by atoms with van der Waals surface area (Å²) in [4.78, 5) is 10.4. The highest BCUT2D eigenvalue weighted by molar-refractivity contribution is 7.59. The maximum atomic E-state index is 10.4. The van der Waals surface area contributed by atoms with Gasteiger partial charge in [0.2, 0.25) is 0 Å². The molecule has 0 spiro atoms. The van der Waals surface area contributed by atoms with E-state index in [-0.39, 0.29) is 25.5 Å². The molecule has 1 aromatic carbocycles. The number of carboxylic acid groups (broad SMARTS) is 1. The maximum absolute atomic E-state index is 10.4. The van der Waals surface area contributed by atoms with Crippen LogP contribution in [0.25, 0.3) is 0 Å². The molecule has 4 nitrogen and oxygen atoms in total. The SMILES string of the molecule is CNC(C)(C)Cc1cccc(OCCCCCC(=O)O)c1.S. The Hall–Kier alpha value is -1.20. The van der Waals surface area contributed by atoms with Gasteiger partial charge in [0, 0.05) is 12.0 Å². The second-order valence-corrected chi connectivity index (χ2v) is 6.01. The number of benzene rings is 1. The third-order valence-electron chi connectivity index (χ3n) is 3.52. The summed E-state index contributed by atoms with van der Waals surface area (Å²) in [5, 5.41) is 11.9. The number of ether oxygens (including phenoxy) is 1. The fraction of sp³-hybridized carbons (Fsp3) is 0.588. The first-order chi connectivity index (χ1) is 9.93. The van der Waals surface area contributed by atoms with Crippen LogP contribution >= 0.6 is 13.5 Å². The van der Waals surface area contributed by atoms with E-state index in [1.165, 1.54) is 5.56 Å². The van der Waals surface area contributed by atoms with E-state index in [9.17, 15) is 4.79 Å². The van der Waals surface area contributed by atoms with Crippen LogP contribution in [0.15, 0.2) is 24.3 Å². The van der Waals surface area contributed by atoms with Crippen molar-refractivity contribution in [2.24, 2.45) is 0 Å². The van der Waals surface area contributed by atoms with Gasteiger partial charge in [-0.1, -0.05) is 12.1 Å². The van der Waals surface area contributed by atoms with E-state index in [1.807, 2.05) is 19.2 Å². The fourth-order valence-electron chi connectivity index (χ4n) is 2.09. The number of nitrogens with one attached hydrogen (secondary N) is 1. The summed E-state index contributed by atoms with van der Waals surface area (Å²) >= 11 is 0. The van der Waals surface area contributed by atoms with Gasteiger partial charge in [-0.05, 0) is 64.3 Å². The standard InChI is InChI=1S/C17H27NO3.H2S/c1-17(2,18-3)13-14-8-7-9-15(12-14)21-11-6-4-5-10-16(19)20;/h7-9,12,18H,4-6,10-11,13H2,1-3H3,(H,19,20);1H2. The first-order valence-corrected chi connectivity index (χ1v) is 7.55. The molecule has 0 aliphatic heterocycles. The lowest BCUT2D eigenvalue weighted by Crippen LogP contribution is -2.38. The molecule has 0 heterocycles. The number of aliphatic carboxylic acids is 1. The van der Waals surface area contributed by atoms with Crippen LogP contribution in [0.1, 0.15) is 45.1 Å². The minimum absolute atomic E-state index is 0. The molecule has 0 atom stereocenters. The molecule has 0 radical (unpaired) electrons. The number of unbranched alkanes of at least 4 members (excludes halogenated alkanes) is 2. The lowest BCUT2D eigenvalue weighted by molar-refractivity contribution is -0.137. The zero-order chi connectivity index (χ0) is 15.7. The van der Waals surface area contributed by atoms with Crippen LogP contribution in [0.2, 0.25) is 0 Å². The zero-order valence-corrected chi connectivity index (χ0v) is 14.8. The Morgan fingerprint density at radius 3 is 2.64 bits per heavy atom. The Balaban J connectivity index is 0.00000441. The van der Waals surface area contributed by atoms with Crippen molar-refractivity contribution in [1.29, 1.82) is 0 Å². The van der Waals surface area contributed by atoms with Crippen molar-refractivity contribution in [3.05, 3.63) is 29.8 Å². The molecule has 5 heteroatoms. The third kappa shape index (κ3) is 8.95. The average molecular weight is 327 g/mol. The number of carbonyl (C=O) groups is 1. The summed E-state index contributed by atoms with van der Waals surface area (Å²) in [6.45, 7) is 4.98. The van der Waals surface area contributed by atoms with Gasteiger partial charge in [-0.15, -0.1) is 0 Å². The summed E-state index contributed by atoms with van der Waals surface area (Å²) in [7, 11) is 1.97. The van der Waals surface area contributed by atoms with Gasteiger partial charge in [0.05, 0.1) is 6.61 Å². The van der Waals surface area contributed by atoms with Crippen molar-refractivity contribution in [3.63, 3.8) is 0 Å². The summed E-state index contributed by atoms with van der Waals surface area (Å²) in [5.41, 5.74) is 1.31. The predicted molar refractivity (Wildman–Crippen MR) is 95.3 cm³/mol. The Morgan fingerprint density at radius 1 is 1.27 bits per heavy atom. The first-order valence-electron chi connectivity index (χ1n) is 7.55. The number of hydrogen-bond acceptors (Lipinski definition) is 3. The molecule has 0 unspecified atom stereocenters. The van der Waals surface area contributed by atoms with E-state index in [1.54, 1.807) is 0 Å². The second-order valence-electron chi connectivity index (χ2n) is 6.01. The van der Waals surface area contributed by atoms with Crippen LogP contribution in [0.3, 0.4) is 0 Å². The van der Waals surface area contributed by atoms with Crippen molar-refractivity contribution < 1.29 is 14.6 Å². The summed E-state index contributed by atoms with van der Waals surface area (Å²) < 4.78 is 5.73. The molecule has 0 aromatic heterocycles. The Morgan fingerprint density at radius 2 is 2.00 bits per heavy atom. The summed E-state index contributed by atoms with van der Waals surface area (Å²) in [5.74, 6) is 0.161. The van der Waals surface area contributed by atoms with Crippen LogP contribution in [-0.4, -0.2) is 30.3 Å². The van der Waals surface area contributed by atoms with E-state index in [0.717, 1.165) is 31.4 Å². The van der Waals surface area contributed by atoms with E-state index in [4.69, 9.17) is 9.84 Å². The molecule has 126 valence electrons. The molecule has 22 heavy (non-hydrogen) atoms. The molecule has 2 N–H and O–H groups in total. The molecule has 0 aliphatic carbocycles. The quantitative estimate of drug-likeness (QED) is 0.647. The Bertz CT molecular complexity index is 449. The predicted octanol–water partition coefficient (Wildman–Crippen LogP) is 3.36. The number of rotatable bonds is 10. The fourth-order valence-corrected chi connectivity index (χ4v) is 2.09. The highest BCUT2D eigenvalue weighted by atomic mass is 32.1. The van der Waals surface area contributed by atoms with E-state index >= 15 is 0 Å². The van der Waals surface area contributed by atoms with Crippen molar-refractivity contribution in [2.75, 3.05) is 13.7 Å². The van der Waals surface area contributed by atoms with Crippen LogP contribution in [-0.2, 0) is 11.2 Å². The van der Waals surface area contributed by atoms with Gasteiger partial charge >= 0.3 is 5.97 Å². The molecule has 0 bridgehead atoms. The van der Waals surface area contributed by atoms with E-state index in [2.05, 4.69) is 31.3 Å². The van der Waals surface area contributed by atoms with Crippen LogP contribution in [0.4, 0.5) is 0 Å². The highest BCUT2D eigenvalue weighted by Crippen LogP contribution is 2.18. The Kier molecular flexibility index (Phi) is 9.94. The molecule has 1 rings (SSSR count). The molecule has 0 saturated heterocycles. The lowest BCUT2D eigenvalue weighted by atomic mass is 9.95. The van der Waals surface area contributed by atoms with E-state index in [0.29, 0.717) is 6.61 Å². The monoisotopic (exact) mass is 327 g/mol. The number of carboxylic acids is 1. The smallest absolute Gasteiger partial charge is 0.303 e. The molecule has 0 aliphatic rings. The van der Waals surface area contributed by atoms with Crippen molar-refractivity contribution in [3.8, 4) is 5.75 Å². The third-order valence-corrected chi connectivity index (χ3v) is 3.52. The molecule has 0 saturated carbocycles. The first kappa shape index (κ1) is 20.8. The van der Waals surface area contributed by atoms with Gasteiger partial charge in [0.15, 0.2) is 0 Å². The molecule has 0 amide bonds. The average Bonchev–Trinajstić information content (AvgIpc) is 2.42. The van der Waals surface area contributed by atoms with Gasteiger partial charge in [0.25, 0.3) is 0 Å². The minimum Gasteiger partial charge on any atom is -0.494 e. The normalized spacial score (nSPS) is 10.9. The van der Waals surface area contributed by atoms with Gasteiger partial charge in [-0.2, -0.15) is 13.5 Å². The van der Waals surface area contributed by atoms with Gasteiger partial charge < -0.3 is 15.2 Å². The number of likely N-dealkylation sites (N-methyl/N-ethyl adjacent to an activating group) is 1. The van der Waals surface area contributed by atoms with Gasteiger partial charge in [0.1, 0.15) is 5.75 Å². The van der Waals surface area contributed by atoms with Crippen molar-refractivity contribution in [2.45, 2.75) is 51.5 Å². The second kappa shape index (κ2) is 10.5. The van der Waals surface area contributed by atoms with E-state index < -0.39 is 5.97 Å². The van der Waals surface area contributed by atoms with Gasteiger partial charge in [-0.25, -0.2) is 0 Å². The topological polar surface area (TPSA) is 58.6 Å². The largest absolute Gasteiger partial charge is 0.494 e. The number of hydrogen-bond donors (Lipinski definition) is 2. The highest BCUT2D eigenvalue weighted by Gasteiger charge is 2.15. The minimum atomic E-state index is -0.726. The molecular formula is C17H29NO3S. The van der Waals surface area contributed by atoms with Crippen LogP contribution in [0.5, 0.6) is 5.75 Å². The lowest BCUT2D eigenvalue weighted by Gasteiger charge is -2.24.